The molecule has 3 atom stereocenters. The molecule has 2 aliphatic heterocycles. The number of piperidine rings is 1. The molecule has 27 heavy (non-hydrogen) atoms. The van der Waals surface area contributed by atoms with Crippen LogP contribution in [0.15, 0.2) is 24.3 Å². The summed E-state index contributed by atoms with van der Waals surface area (Å²) in [5, 5.41) is 0. The summed E-state index contributed by atoms with van der Waals surface area (Å²) in [6, 6.07) is 7.97. The minimum Gasteiger partial charge on any atom is -0.453 e. The van der Waals surface area contributed by atoms with Gasteiger partial charge < -0.3 is 19.2 Å². The molecule has 2 saturated heterocycles. The number of carbonyl (C=O) groups is 3. The molecule has 1 aromatic carbocycles. The lowest BCUT2D eigenvalue weighted by molar-refractivity contribution is -0.117. The van der Waals surface area contributed by atoms with Gasteiger partial charge in [-0.15, -0.1) is 0 Å². The number of fused-ring (bicyclic) bond motifs is 1. The fraction of sp³-hybridized carbons (Fsp3) is 0.550. The molecule has 4 rings (SSSR count). The zero-order valence-corrected chi connectivity index (χ0v) is 15.6. The fourth-order valence-corrected chi connectivity index (χ4v) is 4.42. The lowest BCUT2D eigenvalue weighted by Crippen LogP contribution is -2.32. The van der Waals surface area contributed by atoms with Crippen molar-refractivity contribution in [1.29, 1.82) is 0 Å². The molecule has 2 amide bonds. The van der Waals surface area contributed by atoms with E-state index in [2.05, 4.69) is 0 Å². The highest BCUT2D eigenvalue weighted by Crippen LogP contribution is 2.59. The van der Waals surface area contributed by atoms with E-state index in [0.29, 0.717) is 31.8 Å². The van der Waals surface area contributed by atoms with Crippen molar-refractivity contribution in [3.63, 3.8) is 0 Å². The standard InChI is InChI=1S/C20H24N2O5/c1-13(23)3-8-17-11-22(19(25)27-17)16-6-4-14(5-7-16)20-9-15(20)10-21(12-20)18(24)26-2/h4-7,15,17H,3,8-12H2,1-2H3/t15-,17-,20+/m0/s1. The molecule has 0 unspecified atom stereocenters. The van der Waals surface area contributed by atoms with Gasteiger partial charge in [0.2, 0.25) is 0 Å². The number of cyclic esters (lactones) is 1. The van der Waals surface area contributed by atoms with Crippen molar-refractivity contribution in [3.05, 3.63) is 29.8 Å². The molecule has 3 aliphatic rings. The number of rotatable bonds is 5. The second-order valence-corrected chi connectivity index (χ2v) is 7.81. The van der Waals surface area contributed by atoms with Crippen LogP contribution in [0.5, 0.6) is 0 Å². The van der Waals surface area contributed by atoms with Crippen LogP contribution in [0.1, 0.15) is 31.7 Å². The van der Waals surface area contributed by atoms with E-state index in [-0.39, 0.29) is 29.5 Å². The number of amides is 2. The number of carbonyl (C=O) groups excluding carboxylic acids is 3. The van der Waals surface area contributed by atoms with Gasteiger partial charge in [-0.25, -0.2) is 9.59 Å². The maximum atomic E-state index is 12.2. The molecular weight excluding hydrogens is 348 g/mol. The highest BCUT2D eigenvalue weighted by molar-refractivity contribution is 5.89. The Kier molecular flexibility index (Phi) is 4.32. The minimum absolute atomic E-state index is 0.0300. The van der Waals surface area contributed by atoms with Gasteiger partial charge in [0.15, 0.2) is 0 Å². The Bertz CT molecular complexity index is 777. The van der Waals surface area contributed by atoms with Gasteiger partial charge in [-0.05, 0) is 43.4 Å². The number of likely N-dealkylation sites (tertiary alicyclic amines) is 1. The first kappa shape index (κ1) is 17.8. The van der Waals surface area contributed by atoms with Gasteiger partial charge in [-0.3, -0.25) is 4.90 Å². The number of Topliss-reactive ketones (excluding diaryl/α,β-unsaturated/α-hetero) is 1. The van der Waals surface area contributed by atoms with Gasteiger partial charge in [0.05, 0.1) is 13.7 Å². The van der Waals surface area contributed by atoms with Crippen molar-refractivity contribution in [2.24, 2.45) is 5.92 Å². The molecular formula is C20H24N2O5. The molecule has 7 heteroatoms. The van der Waals surface area contributed by atoms with Crippen LogP contribution in [-0.2, 0) is 19.7 Å². The van der Waals surface area contributed by atoms with Crippen LogP contribution < -0.4 is 4.90 Å². The fourth-order valence-electron chi connectivity index (χ4n) is 4.42. The minimum atomic E-state index is -0.364. The summed E-state index contributed by atoms with van der Waals surface area (Å²) in [4.78, 5) is 38.4. The average Bonchev–Trinajstić information content (AvgIpc) is 3.03. The Labute approximate surface area is 158 Å². The molecule has 2 heterocycles. The first-order valence-corrected chi connectivity index (χ1v) is 9.34. The SMILES string of the molecule is COC(=O)N1C[C@@H]2C[C@]2(c2ccc(N3C[C@H](CCC(C)=O)OC3=O)cc2)C1. The topological polar surface area (TPSA) is 76.2 Å². The second-order valence-electron chi connectivity index (χ2n) is 7.81. The van der Waals surface area contributed by atoms with Crippen LogP contribution in [0.25, 0.3) is 0 Å². The number of ketones is 1. The third-order valence-corrected chi connectivity index (χ3v) is 6.02. The average molecular weight is 372 g/mol. The van der Waals surface area contributed by atoms with Crippen LogP contribution in [0, 0.1) is 5.92 Å². The van der Waals surface area contributed by atoms with E-state index < -0.39 is 0 Å². The van der Waals surface area contributed by atoms with Crippen molar-refractivity contribution in [2.75, 3.05) is 31.6 Å². The summed E-state index contributed by atoms with van der Waals surface area (Å²) in [5.41, 5.74) is 2.02. The number of nitrogens with zero attached hydrogens (tertiary/aromatic N) is 2. The number of anilines is 1. The van der Waals surface area contributed by atoms with E-state index in [1.165, 1.54) is 12.7 Å². The molecule has 1 aliphatic carbocycles. The Hall–Kier alpha value is -2.57. The van der Waals surface area contributed by atoms with E-state index in [1.807, 2.05) is 24.3 Å². The second kappa shape index (κ2) is 6.55. The quantitative estimate of drug-likeness (QED) is 0.794. The number of hydrogen-bond donors (Lipinski definition) is 0. The summed E-state index contributed by atoms with van der Waals surface area (Å²) in [5.74, 6) is 0.583. The van der Waals surface area contributed by atoms with Gasteiger partial charge in [-0.1, -0.05) is 12.1 Å². The van der Waals surface area contributed by atoms with Crippen LogP contribution in [0.4, 0.5) is 15.3 Å². The van der Waals surface area contributed by atoms with E-state index in [1.54, 1.807) is 16.7 Å². The predicted octanol–water partition coefficient (Wildman–Crippen LogP) is 2.72. The smallest absolute Gasteiger partial charge is 0.414 e. The van der Waals surface area contributed by atoms with E-state index in [9.17, 15) is 14.4 Å². The lowest BCUT2D eigenvalue weighted by atomic mass is 9.95. The number of hydrogen-bond acceptors (Lipinski definition) is 5. The highest BCUT2D eigenvalue weighted by atomic mass is 16.6. The summed E-state index contributed by atoms with van der Waals surface area (Å²) in [6.45, 7) is 3.44. The first-order chi connectivity index (χ1) is 12.9. The monoisotopic (exact) mass is 372 g/mol. The van der Waals surface area contributed by atoms with E-state index >= 15 is 0 Å². The number of benzene rings is 1. The van der Waals surface area contributed by atoms with Crippen molar-refractivity contribution < 1.29 is 23.9 Å². The maximum absolute atomic E-state index is 12.2. The summed E-state index contributed by atoms with van der Waals surface area (Å²) in [6.07, 6.45) is 1.19. The van der Waals surface area contributed by atoms with Crippen LogP contribution in [-0.4, -0.2) is 55.7 Å². The molecule has 0 radical (unpaired) electrons. The zero-order chi connectivity index (χ0) is 19.2. The molecule has 3 fully saturated rings. The molecule has 0 spiro atoms. The molecule has 0 N–H and O–H groups in total. The lowest BCUT2D eigenvalue weighted by Gasteiger charge is -2.20. The molecule has 1 saturated carbocycles. The predicted molar refractivity (Wildman–Crippen MR) is 97.7 cm³/mol. The van der Waals surface area contributed by atoms with E-state index in [4.69, 9.17) is 9.47 Å². The third-order valence-electron chi connectivity index (χ3n) is 6.02. The Morgan fingerprint density at radius 2 is 2.00 bits per heavy atom. The van der Waals surface area contributed by atoms with Crippen molar-refractivity contribution in [2.45, 2.75) is 37.7 Å². The van der Waals surface area contributed by atoms with Crippen molar-refractivity contribution in [3.8, 4) is 0 Å². The number of methoxy groups -OCH3 is 1. The van der Waals surface area contributed by atoms with Gasteiger partial charge in [-0.2, -0.15) is 0 Å². The first-order valence-electron chi connectivity index (χ1n) is 9.34. The summed E-state index contributed by atoms with van der Waals surface area (Å²) < 4.78 is 10.2. The van der Waals surface area contributed by atoms with Crippen molar-refractivity contribution >= 4 is 23.7 Å². The normalized spacial score (nSPS) is 28.7. The summed E-state index contributed by atoms with van der Waals surface area (Å²) >= 11 is 0. The van der Waals surface area contributed by atoms with Crippen molar-refractivity contribution in [1.82, 2.24) is 4.90 Å². The van der Waals surface area contributed by atoms with Crippen LogP contribution >= 0.6 is 0 Å². The van der Waals surface area contributed by atoms with Gasteiger partial charge in [0, 0.05) is 30.6 Å². The molecule has 1 aromatic rings. The Balaban J connectivity index is 1.42. The molecule has 0 bridgehead atoms. The number of ether oxygens (including phenoxy) is 2. The van der Waals surface area contributed by atoms with E-state index in [0.717, 1.165) is 18.7 Å². The highest BCUT2D eigenvalue weighted by Gasteiger charge is 2.61. The molecule has 7 nitrogen and oxygen atoms in total. The maximum Gasteiger partial charge on any atom is 0.414 e. The Morgan fingerprint density at radius 3 is 2.67 bits per heavy atom. The van der Waals surface area contributed by atoms with Crippen LogP contribution in [0.3, 0.4) is 0 Å². The summed E-state index contributed by atoms with van der Waals surface area (Å²) in [7, 11) is 1.41. The molecule has 144 valence electrons. The third kappa shape index (κ3) is 3.15. The zero-order valence-electron chi connectivity index (χ0n) is 15.6. The van der Waals surface area contributed by atoms with Gasteiger partial charge in [0.25, 0.3) is 0 Å². The largest absolute Gasteiger partial charge is 0.453 e. The van der Waals surface area contributed by atoms with Gasteiger partial charge >= 0.3 is 12.2 Å². The molecule has 0 aromatic heterocycles. The van der Waals surface area contributed by atoms with Crippen LogP contribution in [0.2, 0.25) is 0 Å². The van der Waals surface area contributed by atoms with Gasteiger partial charge in [0.1, 0.15) is 11.9 Å². The Morgan fingerprint density at radius 1 is 1.26 bits per heavy atom.